The number of Topliss-reactive ketones (excluding diaryl/α,β-unsaturated/α-hetero) is 1. The summed E-state index contributed by atoms with van der Waals surface area (Å²) in [7, 11) is 0. The fourth-order valence-electron chi connectivity index (χ4n) is 1.62. The van der Waals surface area contributed by atoms with Crippen molar-refractivity contribution in [2.75, 3.05) is 6.54 Å². The van der Waals surface area contributed by atoms with E-state index in [2.05, 4.69) is 15.9 Å². The minimum absolute atomic E-state index is 0.123. The zero-order chi connectivity index (χ0) is 12.1. The highest BCUT2D eigenvalue weighted by molar-refractivity contribution is 9.10. The first-order valence-corrected chi connectivity index (χ1v) is 6.09. The second-order valence-corrected chi connectivity index (χ2v) is 4.54. The van der Waals surface area contributed by atoms with Gasteiger partial charge in [-0.15, -0.1) is 0 Å². The molecule has 0 saturated carbocycles. The van der Waals surface area contributed by atoms with Crippen LogP contribution >= 0.6 is 15.9 Å². The molecule has 0 aliphatic rings. The van der Waals surface area contributed by atoms with E-state index in [0.29, 0.717) is 10.9 Å². The van der Waals surface area contributed by atoms with Gasteiger partial charge >= 0.3 is 0 Å². The highest BCUT2D eigenvalue weighted by Crippen LogP contribution is 2.22. The van der Waals surface area contributed by atoms with Crippen LogP contribution in [0.1, 0.15) is 30.1 Å². The van der Waals surface area contributed by atoms with Gasteiger partial charge in [-0.1, -0.05) is 19.4 Å². The van der Waals surface area contributed by atoms with Crippen molar-refractivity contribution in [3.8, 4) is 0 Å². The average molecular weight is 288 g/mol. The number of benzene rings is 1. The van der Waals surface area contributed by atoms with E-state index in [4.69, 9.17) is 5.73 Å². The summed E-state index contributed by atoms with van der Waals surface area (Å²) in [5.74, 6) is -0.987. The predicted molar refractivity (Wildman–Crippen MR) is 65.9 cm³/mol. The molecule has 0 fully saturated rings. The fraction of sp³-hybridized carbons (Fsp3) is 0.417. The maximum atomic E-state index is 13.7. The molecule has 0 saturated heterocycles. The fourth-order valence-corrected chi connectivity index (χ4v) is 1.98. The minimum Gasteiger partial charge on any atom is -0.330 e. The van der Waals surface area contributed by atoms with Crippen molar-refractivity contribution in [3.05, 3.63) is 34.1 Å². The number of nitrogens with two attached hydrogens (primary N) is 1. The van der Waals surface area contributed by atoms with E-state index in [0.717, 1.165) is 6.42 Å². The van der Waals surface area contributed by atoms with Gasteiger partial charge in [-0.2, -0.15) is 0 Å². The number of rotatable bonds is 5. The second kappa shape index (κ2) is 6.11. The van der Waals surface area contributed by atoms with Crippen LogP contribution < -0.4 is 5.73 Å². The van der Waals surface area contributed by atoms with Gasteiger partial charge in [-0.3, -0.25) is 4.79 Å². The number of hydrogen-bond donors (Lipinski definition) is 1. The van der Waals surface area contributed by atoms with Gasteiger partial charge in [0.15, 0.2) is 5.78 Å². The van der Waals surface area contributed by atoms with Crippen LogP contribution in [0.2, 0.25) is 0 Å². The average Bonchev–Trinajstić information content (AvgIpc) is 2.29. The van der Waals surface area contributed by atoms with Crippen molar-refractivity contribution >= 4 is 21.7 Å². The molecule has 0 spiro atoms. The van der Waals surface area contributed by atoms with Crippen LogP contribution in [0.15, 0.2) is 22.7 Å². The largest absolute Gasteiger partial charge is 0.330 e. The summed E-state index contributed by atoms with van der Waals surface area (Å²) in [6.07, 6.45) is 1.56. The number of halogens is 2. The molecule has 16 heavy (non-hydrogen) atoms. The molecule has 1 rings (SSSR count). The summed E-state index contributed by atoms with van der Waals surface area (Å²) >= 11 is 3.07. The summed E-state index contributed by atoms with van der Waals surface area (Å²) in [5, 5.41) is 0. The first-order valence-electron chi connectivity index (χ1n) is 5.30. The Balaban J connectivity index is 2.99. The third kappa shape index (κ3) is 2.89. The van der Waals surface area contributed by atoms with Crippen LogP contribution in [0.25, 0.3) is 0 Å². The predicted octanol–water partition coefficient (Wildman–Crippen LogP) is 3.15. The lowest BCUT2D eigenvalue weighted by atomic mass is 9.93. The Morgan fingerprint density at radius 2 is 2.25 bits per heavy atom. The molecule has 0 aliphatic carbocycles. The van der Waals surface area contributed by atoms with E-state index in [1.54, 1.807) is 12.1 Å². The highest BCUT2D eigenvalue weighted by Gasteiger charge is 2.21. The second-order valence-electron chi connectivity index (χ2n) is 3.69. The normalized spacial score (nSPS) is 12.5. The Kier molecular flexibility index (Phi) is 5.09. The summed E-state index contributed by atoms with van der Waals surface area (Å²) in [5.41, 5.74) is 5.65. The molecule has 0 aliphatic heterocycles. The van der Waals surface area contributed by atoms with Crippen molar-refractivity contribution < 1.29 is 9.18 Å². The van der Waals surface area contributed by atoms with Gasteiger partial charge in [0.1, 0.15) is 5.82 Å². The number of hydrogen-bond acceptors (Lipinski definition) is 2. The van der Waals surface area contributed by atoms with E-state index >= 15 is 0 Å². The molecule has 0 bridgehead atoms. The maximum Gasteiger partial charge on any atom is 0.170 e. The van der Waals surface area contributed by atoms with Crippen LogP contribution in [-0.4, -0.2) is 12.3 Å². The Hall–Kier alpha value is -0.740. The Morgan fingerprint density at radius 1 is 1.56 bits per heavy atom. The smallest absolute Gasteiger partial charge is 0.170 e. The molecule has 1 aromatic rings. The number of carbonyl (C=O) groups excluding carboxylic acids is 1. The zero-order valence-corrected chi connectivity index (χ0v) is 10.8. The summed E-state index contributed by atoms with van der Waals surface area (Å²) < 4.78 is 14.0. The standard InChI is InChI=1S/C12H15BrFNO/c1-2-4-8(7-15)12(16)9-5-3-6-10(13)11(9)14/h3,5-6,8H,2,4,7,15H2,1H3. The Morgan fingerprint density at radius 3 is 2.81 bits per heavy atom. The van der Waals surface area contributed by atoms with Crippen molar-refractivity contribution in [2.45, 2.75) is 19.8 Å². The minimum atomic E-state index is -0.498. The first kappa shape index (κ1) is 13.3. The van der Waals surface area contributed by atoms with E-state index in [1.807, 2.05) is 6.92 Å². The summed E-state index contributed by atoms with van der Waals surface area (Å²) in [6.45, 7) is 2.24. The van der Waals surface area contributed by atoms with Crippen molar-refractivity contribution in [1.29, 1.82) is 0 Å². The first-order chi connectivity index (χ1) is 7.61. The van der Waals surface area contributed by atoms with Gasteiger partial charge < -0.3 is 5.73 Å². The Bertz CT molecular complexity index is 381. The summed E-state index contributed by atoms with van der Waals surface area (Å²) in [6, 6.07) is 4.73. The SMILES string of the molecule is CCCC(CN)C(=O)c1cccc(Br)c1F. The molecule has 0 radical (unpaired) electrons. The molecule has 88 valence electrons. The van der Waals surface area contributed by atoms with Crippen molar-refractivity contribution in [3.63, 3.8) is 0 Å². The molecule has 0 aromatic heterocycles. The third-order valence-electron chi connectivity index (χ3n) is 2.51. The number of ketones is 1. The van der Waals surface area contributed by atoms with Gasteiger partial charge in [0.05, 0.1) is 10.0 Å². The molecular weight excluding hydrogens is 273 g/mol. The molecular formula is C12H15BrFNO. The Labute approximate surface area is 103 Å². The van der Waals surface area contributed by atoms with Gasteiger partial charge in [-0.05, 0) is 34.5 Å². The van der Waals surface area contributed by atoms with Crippen LogP contribution in [0.4, 0.5) is 4.39 Å². The number of carbonyl (C=O) groups is 1. The van der Waals surface area contributed by atoms with Crippen LogP contribution in [-0.2, 0) is 0 Å². The lowest BCUT2D eigenvalue weighted by Gasteiger charge is -2.13. The zero-order valence-electron chi connectivity index (χ0n) is 9.17. The lowest BCUT2D eigenvalue weighted by Crippen LogP contribution is -2.24. The molecule has 1 aromatic carbocycles. The molecule has 0 amide bonds. The van der Waals surface area contributed by atoms with Crippen molar-refractivity contribution in [1.82, 2.24) is 0 Å². The van der Waals surface area contributed by atoms with Gasteiger partial charge in [0.25, 0.3) is 0 Å². The van der Waals surface area contributed by atoms with Gasteiger partial charge in [0.2, 0.25) is 0 Å². The van der Waals surface area contributed by atoms with E-state index in [-0.39, 0.29) is 23.8 Å². The third-order valence-corrected chi connectivity index (χ3v) is 3.12. The van der Waals surface area contributed by atoms with E-state index < -0.39 is 5.82 Å². The van der Waals surface area contributed by atoms with E-state index in [9.17, 15) is 9.18 Å². The van der Waals surface area contributed by atoms with Gasteiger partial charge in [0, 0.05) is 12.5 Å². The molecule has 1 atom stereocenters. The molecule has 4 heteroatoms. The van der Waals surface area contributed by atoms with Crippen LogP contribution in [0.3, 0.4) is 0 Å². The quantitative estimate of drug-likeness (QED) is 0.846. The summed E-state index contributed by atoms with van der Waals surface area (Å²) in [4.78, 5) is 12.0. The molecule has 0 heterocycles. The lowest BCUT2D eigenvalue weighted by molar-refractivity contribution is 0.0913. The van der Waals surface area contributed by atoms with Crippen LogP contribution in [0.5, 0.6) is 0 Å². The molecule has 2 nitrogen and oxygen atoms in total. The molecule has 1 unspecified atom stereocenters. The highest BCUT2D eigenvalue weighted by atomic mass is 79.9. The van der Waals surface area contributed by atoms with Crippen molar-refractivity contribution in [2.24, 2.45) is 11.7 Å². The van der Waals surface area contributed by atoms with Crippen LogP contribution in [0, 0.1) is 11.7 Å². The van der Waals surface area contributed by atoms with Gasteiger partial charge in [-0.25, -0.2) is 4.39 Å². The maximum absolute atomic E-state index is 13.7. The topological polar surface area (TPSA) is 43.1 Å². The molecule has 2 N–H and O–H groups in total. The monoisotopic (exact) mass is 287 g/mol. The van der Waals surface area contributed by atoms with E-state index in [1.165, 1.54) is 6.07 Å².